The lowest BCUT2D eigenvalue weighted by molar-refractivity contribution is -0.141. The molecule has 2 N–H and O–H groups in total. The van der Waals surface area contributed by atoms with Crippen molar-refractivity contribution in [3.05, 3.63) is 17.5 Å². The number of hydrogen-bond acceptors (Lipinski definition) is 5. The molecule has 0 spiro atoms. The molecule has 0 amide bonds. The van der Waals surface area contributed by atoms with Gasteiger partial charge in [-0.2, -0.15) is 0 Å². The molecule has 16 heavy (non-hydrogen) atoms. The summed E-state index contributed by atoms with van der Waals surface area (Å²) in [5.41, 5.74) is 4.10. The van der Waals surface area contributed by atoms with Gasteiger partial charge in [0, 0.05) is 11.4 Å². The van der Waals surface area contributed by atoms with Crippen LogP contribution in [-0.4, -0.2) is 27.7 Å². The number of carboxylic acid groups (broad SMARTS) is 1. The minimum absolute atomic E-state index is 0.279. The van der Waals surface area contributed by atoms with Crippen molar-refractivity contribution in [2.45, 2.75) is 26.7 Å². The van der Waals surface area contributed by atoms with E-state index >= 15 is 0 Å². The van der Waals surface area contributed by atoms with Gasteiger partial charge in [-0.15, -0.1) is 0 Å². The molecule has 6 heteroatoms. The van der Waals surface area contributed by atoms with Crippen LogP contribution in [0.3, 0.4) is 0 Å². The predicted octanol–water partition coefficient (Wildman–Crippen LogP) is 1.34. The van der Waals surface area contributed by atoms with Crippen molar-refractivity contribution in [1.82, 2.24) is 9.97 Å². The van der Waals surface area contributed by atoms with Crippen molar-refractivity contribution < 1.29 is 14.7 Å². The molecule has 0 saturated heterocycles. The van der Waals surface area contributed by atoms with Gasteiger partial charge in [-0.25, -0.2) is 20.2 Å². The second kappa shape index (κ2) is 5.41. The molecule has 0 aliphatic heterocycles. The maximum atomic E-state index is 10.2. The first kappa shape index (κ1) is 12.4. The number of aliphatic carboxylic acids is 1. The molecule has 0 unspecified atom stereocenters. The topological polar surface area (TPSA) is 84.3 Å². The maximum absolute atomic E-state index is 10.2. The summed E-state index contributed by atoms with van der Waals surface area (Å²) in [5, 5.41) is 8.38. The number of carboxylic acids is 1. The van der Waals surface area contributed by atoms with Gasteiger partial charge >= 0.3 is 5.97 Å². The van der Waals surface area contributed by atoms with Crippen molar-refractivity contribution in [2.75, 3.05) is 12.1 Å². The smallest absolute Gasteiger partial charge is 0.332 e. The standard InChI is InChI=1S/C10H15N3O3/c1-6(2)8-4-7(3)11-10(12-8)13-16-5-9(14)15/h4,6H,5H2,1-3H3,(H,14,15)(H,11,12,13). The molecule has 0 bridgehead atoms. The Kier molecular flexibility index (Phi) is 4.19. The summed E-state index contributed by atoms with van der Waals surface area (Å²) in [6.45, 7) is 5.44. The monoisotopic (exact) mass is 225 g/mol. The lowest BCUT2D eigenvalue weighted by Crippen LogP contribution is -2.13. The second-order valence-electron chi connectivity index (χ2n) is 3.70. The molecular weight excluding hydrogens is 210 g/mol. The first-order valence-electron chi connectivity index (χ1n) is 4.94. The van der Waals surface area contributed by atoms with E-state index in [2.05, 4.69) is 15.4 Å². The first-order chi connectivity index (χ1) is 7.49. The molecule has 6 nitrogen and oxygen atoms in total. The van der Waals surface area contributed by atoms with Gasteiger partial charge in [0.25, 0.3) is 0 Å². The van der Waals surface area contributed by atoms with Gasteiger partial charge in [0.05, 0.1) is 0 Å². The zero-order chi connectivity index (χ0) is 12.1. The molecule has 0 saturated carbocycles. The molecule has 0 aromatic carbocycles. The quantitative estimate of drug-likeness (QED) is 0.735. The number of nitrogens with one attached hydrogen (secondary N) is 1. The third-order valence-corrected chi connectivity index (χ3v) is 1.82. The normalized spacial score (nSPS) is 10.5. The number of hydrogen-bond donors (Lipinski definition) is 2. The Morgan fingerprint density at radius 2 is 2.25 bits per heavy atom. The lowest BCUT2D eigenvalue weighted by Gasteiger charge is -2.09. The molecule has 1 rings (SSSR count). The Bertz CT molecular complexity index is 380. The maximum Gasteiger partial charge on any atom is 0.332 e. The number of nitrogens with zero attached hydrogens (tertiary/aromatic N) is 2. The molecule has 0 aliphatic rings. The van der Waals surface area contributed by atoms with E-state index in [1.54, 1.807) is 0 Å². The average Bonchev–Trinajstić information content (AvgIpc) is 2.16. The van der Waals surface area contributed by atoms with Crippen LogP contribution in [0, 0.1) is 6.92 Å². The Morgan fingerprint density at radius 1 is 1.56 bits per heavy atom. The van der Waals surface area contributed by atoms with Crippen molar-refractivity contribution >= 4 is 11.9 Å². The molecule has 0 radical (unpaired) electrons. The Labute approximate surface area is 93.6 Å². The summed E-state index contributed by atoms with van der Waals surface area (Å²) >= 11 is 0. The average molecular weight is 225 g/mol. The molecule has 0 atom stereocenters. The van der Waals surface area contributed by atoms with Gasteiger partial charge in [-0.05, 0) is 18.9 Å². The molecule has 0 fully saturated rings. The highest BCUT2D eigenvalue weighted by Gasteiger charge is 2.06. The number of aromatic nitrogens is 2. The Balaban J connectivity index is 2.69. The first-order valence-corrected chi connectivity index (χ1v) is 4.94. The van der Waals surface area contributed by atoms with Crippen molar-refractivity contribution in [3.8, 4) is 0 Å². The molecule has 88 valence electrons. The second-order valence-corrected chi connectivity index (χ2v) is 3.70. The zero-order valence-electron chi connectivity index (χ0n) is 9.52. The van der Waals surface area contributed by atoms with Crippen LogP contribution in [0.25, 0.3) is 0 Å². The van der Waals surface area contributed by atoms with Crippen LogP contribution in [0.2, 0.25) is 0 Å². The van der Waals surface area contributed by atoms with Crippen LogP contribution in [0.1, 0.15) is 31.2 Å². The van der Waals surface area contributed by atoms with Crippen LogP contribution >= 0.6 is 0 Å². The summed E-state index contributed by atoms with van der Waals surface area (Å²) in [7, 11) is 0. The van der Waals surface area contributed by atoms with Gasteiger partial charge < -0.3 is 5.11 Å². The highest BCUT2D eigenvalue weighted by molar-refractivity contribution is 5.68. The van der Waals surface area contributed by atoms with Crippen molar-refractivity contribution in [2.24, 2.45) is 0 Å². The van der Waals surface area contributed by atoms with Gasteiger partial charge in [-0.3, -0.25) is 4.84 Å². The molecular formula is C10H15N3O3. The fourth-order valence-corrected chi connectivity index (χ4v) is 1.10. The fraction of sp³-hybridized carbons (Fsp3) is 0.500. The van der Waals surface area contributed by atoms with E-state index in [0.717, 1.165) is 11.4 Å². The summed E-state index contributed by atoms with van der Waals surface area (Å²) in [5.74, 6) is -0.490. The van der Waals surface area contributed by atoms with Crippen LogP contribution in [0.4, 0.5) is 5.95 Å². The lowest BCUT2D eigenvalue weighted by atomic mass is 10.1. The van der Waals surface area contributed by atoms with E-state index in [-0.39, 0.29) is 11.9 Å². The minimum atomic E-state index is -1.05. The number of aryl methyl sites for hydroxylation is 1. The van der Waals surface area contributed by atoms with E-state index in [1.807, 2.05) is 26.8 Å². The Morgan fingerprint density at radius 3 is 2.81 bits per heavy atom. The highest BCUT2D eigenvalue weighted by atomic mass is 16.7. The molecule has 1 aromatic heterocycles. The van der Waals surface area contributed by atoms with Crippen LogP contribution in [-0.2, 0) is 9.63 Å². The van der Waals surface area contributed by atoms with E-state index in [4.69, 9.17) is 9.94 Å². The van der Waals surface area contributed by atoms with Gasteiger partial charge in [0.1, 0.15) is 0 Å². The van der Waals surface area contributed by atoms with E-state index < -0.39 is 12.6 Å². The highest BCUT2D eigenvalue weighted by Crippen LogP contribution is 2.14. The Hall–Kier alpha value is -1.69. The minimum Gasteiger partial charge on any atom is -0.479 e. The largest absolute Gasteiger partial charge is 0.479 e. The molecule has 1 heterocycles. The number of anilines is 1. The fourth-order valence-electron chi connectivity index (χ4n) is 1.10. The van der Waals surface area contributed by atoms with Crippen LogP contribution < -0.4 is 5.48 Å². The summed E-state index contributed by atoms with van der Waals surface area (Å²) < 4.78 is 0. The number of carbonyl (C=O) groups is 1. The van der Waals surface area contributed by atoms with Gasteiger partial charge in [0.15, 0.2) is 6.61 Å². The third kappa shape index (κ3) is 3.82. The summed E-state index contributed by atoms with van der Waals surface area (Å²) in [6, 6.07) is 1.88. The van der Waals surface area contributed by atoms with Gasteiger partial charge in [-0.1, -0.05) is 13.8 Å². The zero-order valence-corrected chi connectivity index (χ0v) is 9.52. The van der Waals surface area contributed by atoms with E-state index in [1.165, 1.54) is 0 Å². The van der Waals surface area contributed by atoms with E-state index in [0.29, 0.717) is 0 Å². The molecule has 1 aromatic rings. The van der Waals surface area contributed by atoms with Crippen molar-refractivity contribution in [3.63, 3.8) is 0 Å². The predicted molar refractivity (Wildman–Crippen MR) is 58.1 cm³/mol. The SMILES string of the molecule is Cc1cc(C(C)C)nc(NOCC(=O)O)n1. The summed E-state index contributed by atoms with van der Waals surface area (Å²) in [4.78, 5) is 23.2. The van der Waals surface area contributed by atoms with Crippen molar-refractivity contribution in [1.29, 1.82) is 0 Å². The van der Waals surface area contributed by atoms with E-state index in [9.17, 15) is 4.79 Å². The van der Waals surface area contributed by atoms with Crippen LogP contribution in [0.15, 0.2) is 6.07 Å². The third-order valence-electron chi connectivity index (χ3n) is 1.82. The number of rotatable bonds is 5. The van der Waals surface area contributed by atoms with Gasteiger partial charge in [0.2, 0.25) is 5.95 Å². The molecule has 0 aliphatic carbocycles. The van der Waals surface area contributed by atoms with Crippen LogP contribution in [0.5, 0.6) is 0 Å². The summed E-state index contributed by atoms with van der Waals surface area (Å²) in [6.07, 6.45) is 0.